The third-order valence-electron chi connectivity index (χ3n) is 2.30. The summed E-state index contributed by atoms with van der Waals surface area (Å²) >= 11 is 0. The molecule has 0 aliphatic carbocycles. The first-order valence-corrected chi connectivity index (χ1v) is 6.06. The van der Waals surface area contributed by atoms with Crippen molar-refractivity contribution in [1.82, 2.24) is 9.97 Å². The average molecular weight is 254 g/mol. The van der Waals surface area contributed by atoms with Crippen molar-refractivity contribution in [3.63, 3.8) is 0 Å². The highest BCUT2D eigenvalue weighted by Crippen LogP contribution is 2.30. The van der Waals surface area contributed by atoms with Crippen LogP contribution in [-0.4, -0.2) is 28.0 Å². The summed E-state index contributed by atoms with van der Waals surface area (Å²) in [4.78, 5) is 18.2. The molecule has 1 heterocycles. The van der Waals surface area contributed by atoms with Gasteiger partial charge in [0.15, 0.2) is 0 Å². The summed E-state index contributed by atoms with van der Waals surface area (Å²) in [6, 6.07) is 0. The molecule has 0 aromatic carbocycles. The van der Waals surface area contributed by atoms with Crippen molar-refractivity contribution in [2.24, 2.45) is 0 Å². The molecular weight excluding hydrogens is 236 g/mol. The van der Waals surface area contributed by atoms with Crippen LogP contribution < -0.4 is 10.1 Å². The zero-order chi connectivity index (χ0) is 13.4. The van der Waals surface area contributed by atoms with E-state index in [0.717, 1.165) is 19.3 Å². The number of aromatic nitrogens is 2. The third kappa shape index (κ3) is 3.83. The lowest BCUT2D eigenvalue weighted by molar-refractivity contribution is -0.385. The van der Waals surface area contributed by atoms with Crippen LogP contribution in [0.4, 0.5) is 11.5 Å². The molecule has 0 amide bonds. The highest BCUT2D eigenvalue weighted by atomic mass is 16.6. The Morgan fingerprint density at radius 3 is 2.78 bits per heavy atom. The Balaban J connectivity index is 2.82. The number of nitrogens with one attached hydrogen (secondary N) is 1. The number of unbranched alkanes of at least 4 members (excludes halogenated alkanes) is 2. The van der Waals surface area contributed by atoms with Gasteiger partial charge in [-0.25, -0.2) is 4.98 Å². The molecule has 1 aromatic rings. The van der Waals surface area contributed by atoms with Gasteiger partial charge in [-0.05, 0) is 13.3 Å². The molecule has 1 aromatic heterocycles. The summed E-state index contributed by atoms with van der Waals surface area (Å²) in [5, 5.41) is 13.8. The Hall–Kier alpha value is -1.92. The van der Waals surface area contributed by atoms with E-state index >= 15 is 0 Å². The first-order valence-electron chi connectivity index (χ1n) is 6.06. The van der Waals surface area contributed by atoms with Crippen molar-refractivity contribution >= 4 is 11.5 Å². The van der Waals surface area contributed by atoms with E-state index in [4.69, 9.17) is 4.74 Å². The maximum atomic E-state index is 11.0. The predicted octanol–water partition coefficient (Wildman–Crippen LogP) is 2.39. The smallest absolute Gasteiger partial charge is 0.372 e. The molecular formula is C11H18N4O3. The minimum Gasteiger partial charge on any atom is -0.473 e. The van der Waals surface area contributed by atoms with Crippen molar-refractivity contribution in [3.05, 3.63) is 16.4 Å². The second-order valence-electron chi connectivity index (χ2n) is 3.72. The molecule has 1 N–H and O–H groups in total. The van der Waals surface area contributed by atoms with E-state index in [-0.39, 0.29) is 17.4 Å². The molecule has 0 aliphatic rings. The van der Waals surface area contributed by atoms with Crippen LogP contribution in [0.15, 0.2) is 6.33 Å². The highest BCUT2D eigenvalue weighted by molar-refractivity contribution is 5.60. The van der Waals surface area contributed by atoms with Gasteiger partial charge < -0.3 is 10.1 Å². The van der Waals surface area contributed by atoms with Gasteiger partial charge in [-0.2, -0.15) is 4.98 Å². The lowest BCUT2D eigenvalue weighted by atomic mass is 10.3. The summed E-state index contributed by atoms with van der Waals surface area (Å²) in [5.41, 5.74) is -0.198. The lowest BCUT2D eigenvalue weighted by Gasteiger charge is -2.08. The fourth-order valence-corrected chi connectivity index (χ4v) is 1.45. The summed E-state index contributed by atoms with van der Waals surface area (Å²) in [5.74, 6) is 0.227. The van der Waals surface area contributed by atoms with E-state index in [1.54, 1.807) is 0 Å². The first kappa shape index (κ1) is 14.1. The fraction of sp³-hybridized carbons (Fsp3) is 0.636. The molecule has 0 atom stereocenters. The van der Waals surface area contributed by atoms with Crippen molar-refractivity contribution in [2.75, 3.05) is 18.5 Å². The average Bonchev–Trinajstić information content (AvgIpc) is 2.35. The maximum Gasteiger partial charge on any atom is 0.372 e. The SMILES string of the molecule is CCCCCOc1ncnc(NCC)c1[N+](=O)[O-]. The number of ether oxygens (including phenoxy) is 1. The molecule has 100 valence electrons. The molecule has 0 saturated heterocycles. The maximum absolute atomic E-state index is 11.0. The summed E-state index contributed by atoms with van der Waals surface area (Å²) in [6.45, 7) is 4.90. The van der Waals surface area contributed by atoms with Gasteiger partial charge in [0.2, 0.25) is 5.82 Å². The number of rotatable bonds is 8. The van der Waals surface area contributed by atoms with Crippen LogP contribution in [0.3, 0.4) is 0 Å². The minimum atomic E-state index is -0.521. The van der Waals surface area contributed by atoms with Crippen molar-refractivity contribution in [2.45, 2.75) is 33.1 Å². The Morgan fingerprint density at radius 2 is 2.17 bits per heavy atom. The number of nitro groups is 1. The number of hydrogen-bond acceptors (Lipinski definition) is 6. The first-order chi connectivity index (χ1) is 8.70. The second-order valence-corrected chi connectivity index (χ2v) is 3.72. The van der Waals surface area contributed by atoms with Crippen LogP contribution in [0.1, 0.15) is 33.1 Å². The van der Waals surface area contributed by atoms with E-state index < -0.39 is 4.92 Å². The van der Waals surface area contributed by atoms with Crippen molar-refractivity contribution in [1.29, 1.82) is 0 Å². The standard InChI is InChI=1S/C11H18N4O3/c1-3-5-6-7-18-11-9(15(16)17)10(12-4-2)13-8-14-11/h8H,3-7H2,1-2H3,(H,12,13,14). The van der Waals surface area contributed by atoms with Gasteiger partial charge in [-0.15, -0.1) is 0 Å². The normalized spacial score (nSPS) is 10.1. The largest absolute Gasteiger partial charge is 0.473 e. The molecule has 7 heteroatoms. The minimum absolute atomic E-state index is 0.0297. The van der Waals surface area contributed by atoms with E-state index in [9.17, 15) is 10.1 Å². The number of hydrogen-bond donors (Lipinski definition) is 1. The zero-order valence-electron chi connectivity index (χ0n) is 10.7. The monoisotopic (exact) mass is 254 g/mol. The van der Waals surface area contributed by atoms with E-state index in [2.05, 4.69) is 22.2 Å². The quantitative estimate of drug-likeness (QED) is 0.435. The van der Waals surface area contributed by atoms with Gasteiger partial charge in [0.1, 0.15) is 6.33 Å². The number of nitrogens with zero attached hydrogens (tertiary/aromatic N) is 3. The highest BCUT2D eigenvalue weighted by Gasteiger charge is 2.23. The molecule has 0 fully saturated rings. The van der Waals surface area contributed by atoms with Gasteiger partial charge >= 0.3 is 5.69 Å². The van der Waals surface area contributed by atoms with Gasteiger partial charge in [-0.3, -0.25) is 10.1 Å². The topological polar surface area (TPSA) is 90.2 Å². The van der Waals surface area contributed by atoms with Crippen LogP contribution in [-0.2, 0) is 0 Å². The Morgan fingerprint density at radius 1 is 1.39 bits per heavy atom. The van der Waals surface area contributed by atoms with Gasteiger partial charge in [0.05, 0.1) is 11.5 Å². The van der Waals surface area contributed by atoms with Crippen LogP contribution in [0, 0.1) is 10.1 Å². The molecule has 0 spiro atoms. The third-order valence-corrected chi connectivity index (χ3v) is 2.30. The fourth-order valence-electron chi connectivity index (χ4n) is 1.45. The van der Waals surface area contributed by atoms with Crippen LogP contribution in [0.2, 0.25) is 0 Å². The van der Waals surface area contributed by atoms with Gasteiger partial charge in [-0.1, -0.05) is 19.8 Å². The van der Waals surface area contributed by atoms with Crippen LogP contribution in [0.25, 0.3) is 0 Å². The molecule has 0 saturated carbocycles. The molecule has 0 unspecified atom stereocenters. The second kappa shape index (κ2) is 7.41. The summed E-state index contributed by atoms with van der Waals surface area (Å²) < 4.78 is 5.35. The Kier molecular flexibility index (Phi) is 5.83. The lowest BCUT2D eigenvalue weighted by Crippen LogP contribution is -2.08. The molecule has 0 bridgehead atoms. The summed E-state index contributed by atoms with van der Waals surface area (Å²) in [6.07, 6.45) is 4.21. The molecule has 0 aliphatic heterocycles. The van der Waals surface area contributed by atoms with Crippen molar-refractivity contribution < 1.29 is 9.66 Å². The molecule has 1 rings (SSSR count). The molecule has 7 nitrogen and oxygen atoms in total. The van der Waals surface area contributed by atoms with Crippen LogP contribution >= 0.6 is 0 Å². The van der Waals surface area contributed by atoms with Crippen LogP contribution in [0.5, 0.6) is 5.88 Å². The molecule has 0 radical (unpaired) electrons. The van der Waals surface area contributed by atoms with Gasteiger partial charge in [0.25, 0.3) is 5.88 Å². The predicted molar refractivity (Wildman–Crippen MR) is 67.9 cm³/mol. The van der Waals surface area contributed by atoms with E-state index in [0.29, 0.717) is 13.2 Å². The molecule has 18 heavy (non-hydrogen) atoms. The van der Waals surface area contributed by atoms with E-state index in [1.165, 1.54) is 6.33 Å². The van der Waals surface area contributed by atoms with Crippen molar-refractivity contribution in [3.8, 4) is 5.88 Å². The van der Waals surface area contributed by atoms with E-state index in [1.807, 2.05) is 6.92 Å². The Bertz CT molecular complexity index is 398. The summed E-state index contributed by atoms with van der Waals surface area (Å²) in [7, 11) is 0. The Labute approximate surface area is 106 Å². The number of anilines is 1. The zero-order valence-corrected chi connectivity index (χ0v) is 10.7. The van der Waals surface area contributed by atoms with Gasteiger partial charge in [0, 0.05) is 6.54 Å².